The van der Waals surface area contributed by atoms with Crippen LogP contribution in [0.2, 0.25) is 0 Å². The number of carbonyl (C=O) groups is 2. The van der Waals surface area contributed by atoms with Crippen molar-refractivity contribution < 1.29 is 9.59 Å². The Kier molecular flexibility index (Phi) is 7.19. The summed E-state index contributed by atoms with van der Waals surface area (Å²) < 4.78 is 0. The predicted molar refractivity (Wildman–Crippen MR) is 84.2 cm³/mol. The van der Waals surface area contributed by atoms with Gasteiger partial charge in [0, 0.05) is 32.1 Å². The van der Waals surface area contributed by atoms with Crippen molar-refractivity contribution in [2.45, 2.75) is 25.3 Å². The van der Waals surface area contributed by atoms with Crippen molar-refractivity contribution in [3.05, 3.63) is 35.9 Å². The van der Waals surface area contributed by atoms with Crippen LogP contribution in [-0.2, 0) is 16.0 Å². The van der Waals surface area contributed by atoms with Crippen molar-refractivity contribution >= 4 is 24.2 Å². The minimum atomic E-state index is -0.0536. The zero-order valence-corrected chi connectivity index (χ0v) is 12.8. The van der Waals surface area contributed by atoms with Gasteiger partial charge in [-0.3, -0.25) is 9.59 Å². The molecule has 5 nitrogen and oxygen atoms in total. The fraction of sp³-hybridized carbons (Fsp3) is 0.467. The van der Waals surface area contributed by atoms with Crippen LogP contribution in [0.15, 0.2) is 30.3 Å². The van der Waals surface area contributed by atoms with Crippen molar-refractivity contribution in [2.24, 2.45) is 5.73 Å². The van der Waals surface area contributed by atoms with Gasteiger partial charge in [0.1, 0.15) is 0 Å². The van der Waals surface area contributed by atoms with Crippen LogP contribution in [0.4, 0.5) is 0 Å². The number of carbonyl (C=O) groups excluding carboxylic acids is 2. The second-order valence-electron chi connectivity index (χ2n) is 5.15. The molecule has 0 saturated carbocycles. The van der Waals surface area contributed by atoms with Gasteiger partial charge in [-0.15, -0.1) is 12.4 Å². The first kappa shape index (κ1) is 17.5. The highest BCUT2D eigenvalue weighted by Crippen LogP contribution is 2.08. The first-order chi connectivity index (χ1) is 9.65. The van der Waals surface area contributed by atoms with Gasteiger partial charge in [-0.25, -0.2) is 0 Å². The van der Waals surface area contributed by atoms with Crippen molar-refractivity contribution in [3.63, 3.8) is 0 Å². The Hall–Kier alpha value is -1.59. The number of hydrogen-bond donors (Lipinski definition) is 2. The number of nitrogens with zero attached hydrogens (tertiary/aromatic N) is 1. The molecule has 1 fully saturated rings. The Bertz CT molecular complexity index is 467. The third-order valence-corrected chi connectivity index (χ3v) is 3.45. The molecule has 3 N–H and O–H groups in total. The molecule has 116 valence electrons. The lowest BCUT2D eigenvalue weighted by atomic mass is 10.1. The van der Waals surface area contributed by atoms with Crippen molar-refractivity contribution in [2.75, 3.05) is 19.6 Å². The number of rotatable bonds is 5. The van der Waals surface area contributed by atoms with E-state index >= 15 is 0 Å². The van der Waals surface area contributed by atoms with E-state index in [9.17, 15) is 9.59 Å². The van der Waals surface area contributed by atoms with Gasteiger partial charge >= 0.3 is 0 Å². The first-order valence-corrected chi connectivity index (χ1v) is 6.99. The molecule has 1 heterocycles. The van der Waals surface area contributed by atoms with Gasteiger partial charge in [0.15, 0.2) is 0 Å². The van der Waals surface area contributed by atoms with Gasteiger partial charge in [0.2, 0.25) is 11.8 Å². The van der Waals surface area contributed by atoms with E-state index in [1.54, 1.807) is 4.90 Å². The molecule has 1 aromatic carbocycles. The molecule has 0 aromatic heterocycles. The number of likely N-dealkylation sites (tertiary alicyclic amines) is 1. The van der Waals surface area contributed by atoms with Gasteiger partial charge < -0.3 is 16.0 Å². The van der Waals surface area contributed by atoms with Crippen LogP contribution < -0.4 is 11.1 Å². The number of nitrogens with two attached hydrogens (primary N) is 1. The summed E-state index contributed by atoms with van der Waals surface area (Å²) in [4.78, 5) is 25.3. The molecule has 1 atom stereocenters. The molecule has 2 rings (SSSR count). The Balaban J connectivity index is 0.00000220. The van der Waals surface area contributed by atoms with Crippen LogP contribution in [0.3, 0.4) is 0 Å². The average Bonchev–Trinajstić information content (AvgIpc) is 2.86. The molecule has 6 heteroatoms. The molecule has 1 aliphatic heterocycles. The van der Waals surface area contributed by atoms with Crippen LogP contribution >= 0.6 is 12.4 Å². The summed E-state index contributed by atoms with van der Waals surface area (Å²) in [7, 11) is 0. The largest absolute Gasteiger partial charge is 0.355 e. The fourth-order valence-electron chi connectivity index (χ4n) is 2.32. The normalized spacial score (nSPS) is 17.2. The summed E-state index contributed by atoms with van der Waals surface area (Å²) >= 11 is 0. The third kappa shape index (κ3) is 5.73. The van der Waals surface area contributed by atoms with Crippen LogP contribution in [0, 0.1) is 0 Å². The number of halogens is 1. The molecule has 0 bridgehead atoms. The van der Waals surface area contributed by atoms with E-state index in [2.05, 4.69) is 5.32 Å². The van der Waals surface area contributed by atoms with Crippen LogP contribution in [0.1, 0.15) is 18.4 Å². The van der Waals surface area contributed by atoms with E-state index < -0.39 is 0 Å². The Morgan fingerprint density at radius 1 is 1.29 bits per heavy atom. The Morgan fingerprint density at radius 2 is 2.00 bits per heavy atom. The van der Waals surface area contributed by atoms with Crippen LogP contribution in [-0.4, -0.2) is 42.4 Å². The minimum Gasteiger partial charge on any atom is -0.355 e. The second-order valence-corrected chi connectivity index (χ2v) is 5.15. The highest BCUT2D eigenvalue weighted by atomic mass is 35.5. The molecule has 0 aliphatic carbocycles. The first-order valence-electron chi connectivity index (χ1n) is 6.99. The van der Waals surface area contributed by atoms with Crippen molar-refractivity contribution in [1.82, 2.24) is 10.2 Å². The van der Waals surface area contributed by atoms with Crippen LogP contribution in [0.5, 0.6) is 0 Å². The highest BCUT2D eigenvalue weighted by molar-refractivity contribution is 5.85. The topological polar surface area (TPSA) is 75.4 Å². The summed E-state index contributed by atoms with van der Waals surface area (Å²) in [5.74, 6) is 0.0140. The van der Waals surface area contributed by atoms with Gasteiger partial charge in [-0.1, -0.05) is 30.3 Å². The van der Waals surface area contributed by atoms with E-state index in [4.69, 9.17) is 5.73 Å². The predicted octanol–water partition coefficient (Wildman–Crippen LogP) is 0.717. The maximum absolute atomic E-state index is 11.8. The highest BCUT2D eigenvalue weighted by Gasteiger charge is 2.22. The summed E-state index contributed by atoms with van der Waals surface area (Å²) in [6.45, 7) is 1.75. The second kappa shape index (κ2) is 8.64. The van der Waals surface area contributed by atoms with E-state index in [1.807, 2.05) is 30.3 Å². The van der Waals surface area contributed by atoms with E-state index in [-0.39, 0.29) is 30.3 Å². The average molecular weight is 312 g/mol. The fourth-order valence-corrected chi connectivity index (χ4v) is 2.32. The zero-order chi connectivity index (χ0) is 14.4. The molecule has 1 aromatic rings. The lowest BCUT2D eigenvalue weighted by molar-refractivity contribution is -0.130. The van der Waals surface area contributed by atoms with E-state index in [0.717, 1.165) is 18.5 Å². The molecule has 2 amide bonds. The summed E-state index contributed by atoms with van der Waals surface area (Å²) in [5, 5.41) is 2.78. The van der Waals surface area contributed by atoms with Gasteiger partial charge in [-0.05, 0) is 12.0 Å². The lowest BCUT2D eigenvalue weighted by Gasteiger charge is -2.15. The lowest BCUT2D eigenvalue weighted by Crippen LogP contribution is -2.35. The summed E-state index contributed by atoms with van der Waals surface area (Å²) in [6.07, 6.45) is 1.56. The van der Waals surface area contributed by atoms with Crippen LogP contribution in [0.25, 0.3) is 0 Å². The maximum Gasteiger partial charge on any atom is 0.224 e. The molecule has 1 saturated heterocycles. The summed E-state index contributed by atoms with van der Waals surface area (Å²) in [5.41, 5.74) is 6.74. The molecule has 0 spiro atoms. The molecule has 0 radical (unpaired) electrons. The minimum absolute atomic E-state index is 0. The molecule has 1 aliphatic rings. The van der Waals surface area contributed by atoms with E-state index in [1.165, 1.54) is 0 Å². The van der Waals surface area contributed by atoms with Crippen molar-refractivity contribution in [1.29, 1.82) is 0 Å². The molecular formula is C15H22ClN3O2. The number of amides is 2. The van der Waals surface area contributed by atoms with E-state index in [0.29, 0.717) is 25.9 Å². The van der Waals surface area contributed by atoms with Gasteiger partial charge in [-0.2, -0.15) is 0 Å². The molecule has 21 heavy (non-hydrogen) atoms. The standard InChI is InChI=1S/C15H21N3O2.ClH/c16-13-7-9-18(11-13)15(20)6-8-17-14(19)10-12-4-2-1-3-5-12;/h1-5,13H,6-11,16H2,(H,17,19);1H/t13-;/m1./s1. The monoisotopic (exact) mass is 311 g/mol. The third-order valence-electron chi connectivity index (χ3n) is 3.45. The number of nitrogens with one attached hydrogen (secondary N) is 1. The molecule has 0 unspecified atom stereocenters. The Labute approximate surface area is 131 Å². The zero-order valence-electron chi connectivity index (χ0n) is 12.0. The molecular weight excluding hydrogens is 290 g/mol. The van der Waals surface area contributed by atoms with Gasteiger partial charge in [0.25, 0.3) is 0 Å². The number of benzene rings is 1. The maximum atomic E-state index is 11.8. The summed E-state index contributed by atoms with van der Waals surface area (Å²) in [6, 6.07) is 9.66. The quantitative estimate of drug-likeness (QED) is 0.841. The van der Waals surface area contributed by atoms with Gasteiger partial charge in [0.05, 0.1) is 6.42 Å². The number of hydrogen-bond acceptors (Lipinski definition) is 3. The van der Waals surface area contributed by atoms with Crippen molar-refractivity contribution in [3.8, 4) is 0 Å². The Morgan fingerprint density at radius 3 is 2.62 bits per heavy atom. The smallest absolute Gasteiger partial charge is 0.224 e. The SMILES string of the molecule is Cl.N[C@@H]1CCN(C(=O)CCNC(=O)Cc2ccccc2)C1.